The quantitative estimate of drug-likeness (QED) is 0.781. The molecule has 0 radical (unpaired) electrons. The number of hydrogen-bond donors (Lipinski definition) is 2. The highest BCUT2D eigenvalue weighted by Gasteiger charge is 2.58. The Hall–Kier alpha value is -2.15. The highest BCUT2D eigenvalue weighted by molar-refractivity contribution is 5.83. The van der Waals surface area contributed by atoms with Gasteiger partial charge in [0.2, 0.25) is 11.8 Å². The summed E-state index contributed by atoms with van der Waals surface area (Å²) in [5.41, 5.74) is 0.990. The number of pyridine rings is 1. The van der Waals surface area contributed by atoms with Crippen LogP contribution < -0.4 is 16.2 Å². The molecule has 7 nitrogen and oxygen atoms in total. The number of rotatable bonds is 3. The standard InChI is InChI=1S/C20H26N4O3/c1-11(25)22-8-17-13-5-12(16-3-2-4-18(26)24(16)17)9-23(10-13)20(27)19-14-6-21-7-15(14)19/h2-4,12-15,17,19,21H,5-10H2,1H3,(H,22,25)/t12-,13+,14-,15+,17+,19?/m1/s1. The highest BCUT2D eigenvalue weighted by Crippen LogP contribution is 2.51. The molecule has 2 saturated heterocycles. The lowest BCUT2D eigenvalue weighted by atomic mass is 9.78. The first-order valence-corrected chi connectivity index (χ1v) is 10.00. The fourth-order valence-electron chi connectivity index (χ4n) is 5.73. The molecular formula is C20H26N4O3. The lowest BCUT2D eigenvalue weighted by Gasteiger charge is -2.47. The van der Waals surface area contributed by atoms with Crippen molar-refractivity contribution in [1.82, 2.24) is 20.1 Å². The Labute approximate surface area is 158 Å². The van der Waals surface area contributed by atoms with Crippen LogP contribution in [0.3, 0.4) is 0 Å². The highest BCUT2D eigenvalue weighted by atomic mass is 16.2. The van der Waals surface area contributed by atoms with Crippen molar-refractivity contribution in [3.8, 4) is 0 Å². The summed E-state index contributed by atoms with van der Waals surface area (Å²) in [7, 11) is 0. The maximum Gasteiger partial charge on any atom is 0.251 e. The van der Waals surface area contributed by atoms with Crippen molar-refractivity contribution in [2.75, 3.05) is 32.7 Å². The van der Waals surface area contributed by atoms with Crippen molar-refractivity contribution < 1.29 is 9.59 Å². The summed E-state index contributed by atoms with van der Waals surface area (Å²) >= 11 is 0. The number of fused-ring (bicyclic) bond motifs is 5. The molecule has 4 heterocycles. The van der Waals surface area contributed by atoms with E-state index in [0.29, 0.717) is 37.4 Å². The Bertz CT molecular complexity index is 840. The summed E-state index contributed by atoms with van der Waals surface area (Å²) in [5.74, 6) is 1.83. The van der Waals surface area contributed by atoms with Crippen molar-refractivity contribution >= 4 is 11.8 Å². The zero-order chi connectivity index (χ0) is 18.7. The zero-order valence-corrected chi connectivity index (χ0v) is 15.6. The van der Waals surface area contributed by atoms with Crippen molar-refractivity contribution in [1.29, 1.82) is 0 Å². The number of likely N-dealkylation sites (tertiary alicyclic amines) is 1. The van der Waals surface area contributed by atoms with E-state index in [9.17, 15) is 14.4 Å². The maximum atomic E-state index is 13.1. The predicted molar refractivity (Wildman–Crippen MR) is 99.2 cm³/mol. The van der Waals surface area contributed by atoms with Crippen LogP contribution in [0.2, 0.25) is 0 Å². The molecule has 0 spiro atoms. The van der Waals surface area contributed by atoms with E-state index in [1.54, 1.807) is 6.07 Å². The zero-order valence-electron chi connectivity index (χ0n) is 15.6. The number of aromatic nitrogens is 1. The molecule has 3 aliphatic heterocycles. The van der Waals surface area contributed by atoms with E-state index in [-0.39, 0.29) is 35.3 Å². The molecule has 3 fully saturated rings. The maximum absolute atomic E-state index is 13.1. The van der Waals surface area contributed by atoms with Gasteiger partial charge in [0.25, 0.3) is 5.56 Å². The molecule has 5 rings (SSSR count). The van der Waals surface area contributed by atoms with Crippen molar-refractivity contribution in [2.24, 2.45) is 23.7 Å². The monoisotopic (exact) mass is 370 g/mol. The van der Waals surface area contributed by atoms with E-state index >= 15 is 0 Å². The van der Waals surface area contributed by atoms with E-state index in [2.05, 4.69) is 10.6 Å². The van der Waals surface area contributed by atoms with E-state index < -0.39 is 0 Å². The SMILES string of the molecule is CC(=O)NC[C@H]1[C@H]2C[C@H](CN(C(=O)C3[C@H]4CNC[C@@H]34)C2)c2cccc(=O)n21. The van der Waals surface area contributed by atoms with Crippen molar-refractivity contribution in [2.45, 2.75) is 25.3 Å². The normalized spacial score (nSPS) is 36.0. The molecule has 1 aromatic rings. The Kier molecular flexibility index (Phi) is 3.89. The summed E-state index contributed by atoms with van der Waals surface area (Å²) in [5, 5.41) is 6.24. The van der Waals surface area contributed by atoms with Crippen LogP contribution in [0.25, 0.3) is 0 Å². The largest absolute Gasteiger partial charge is 0.354 e. The Balaban J connectivity index is 1.43. The van der Waals surface area contributed by atoms with Crippen LogP contribution in [-0.2, 0) is 9.59 Å². The number of carbonyl (C=O) groups excluding carboxylic acids is 2. The van der Waals surface area contributed by atoms with Gasteiger partial charge in [-0.3, -0.25) is 14.4 Å². The first-order chi connectivity index (χ1) is 13.0. The van der Waals surface area contributed by atoms with Crippen molar-refractivity contribution in [3.05, 3.63) is 34.2 Å². The van der Waals surface area contributed by atoms with Crippen LogP contribution in [0.15, 0.2) is 23.0 Å². The van der Waals surface area contributed by atoms with Crippen LogP contribution >= 0.6 is 0 Å². The molecular weight excluding hydrogens is 344 g/mol. The molecule has 2 N–H and O–H groups in total. The molecule has 1 aliphatic carbocycles. The van der Waals surface area contributed by atoms with Crippen LogP contribution in [0.1, 0.15) is 31.0 Å². The second-order valence-corrected chi connectivity index (χ2v) is 8.61. The average molecular weight is 370 g/mol. The van der Waals surface area contributed by atoms with Crippen LogP contribution in [0.4, 0.5) is 0 Å². The van der Waals surface area contributed by atoms with E-state index in [4.69, 9.17) is 0 Å². The molecule has 2 amide bonds. The van der Waals surface area contributed by atoms with Gasteiger partial charge in [-0.25, -0.2) is 0 Å². The third-order valence-corrected chi connectivity index (χ3v) is 7.05. The number of nitrogens with one attached hydrogen (secondary N) is 2. The third-order valence-electron chi connectivity index (χ3n) is 7.05. The summed E-state index contributed by atoms with van der Waals surface area (Å²) < 4.78 is 1.87. The molecule has 0 aromatic carbocycles. The first kappa shape index (κ1) is 17.0. The smallest absolute Gasteiger partial charge is 0.251 e. The summed E-state index contributed by atoms with van der Waals surface area (Å²) in [4.78, 5) is 39.2. The van der Waals surface area contributed by atoms with Gasteiger partial charge in [0, 0.05) is 50.2 Å². The van der Waals surface area contributed by atoms with E-state index in [1.807, 2.05) is 21.6 Å². The van der Waals surface area contributed by atoms with Gasteiger partial charge in [-0.2, -0.15) is 0 Å². The fraction of sp³-hybridized carbons (Fsp3) is 0.650. The molecule has 27 heavy (non-hydrogen) atoms. The third kappa shape index (κ3) is 2.71. The molecule has 1 aromatic heterocycles. The van der Waals surface area contributed by atoms with Gasteiger partial charge < -0.3 is 20.1 Å². The number of piperidine rings is 2. The fourth-order valence-corrected chi connectivity index (χ4v) is 5.73. The average Bonchev–Trinajstić information content (AvgIpc) is 3.12. The lowest BCUT2D eigenvalue weighted by Crippen LogP contribution is -2.53. The number of carbonyl (C=O) groups is 2. The number of nitrogens with zero attached hydrogens (tertiary/aromatic N) is 2. The van der Waals surface area contributed by atoms with Gasteiger partial charge in [-0.15, -0.1) is 0 Å². The Morgan fingerprint density at radius 1 is 1.22 bits per heavy atom. The molecule has 6 atom stereocenters. The van der Waals surface area contributed by atoms with E-state index in [1.165, 1.54) is 6.92 Å². The minimum Gasteiger partial charge on any atom is -0.354 e. The van der Waals surface area contributed by atoms with Crippen LogP contribution in [-0.4, -0.2) is 54.0 Å². The Morgan fingerprint density at radius 3 is 2.74 bits per heavy atom. The molecule has 4 aliphatic rings. The first-order valence-electron chi connectivity index (χ1n) is 10.00. The minimum atomic E-state index is -0.0929. The van der Waals surface area contributed by atoms with Crippen LogP contribution in [0.5, 0.6) is 0 Å². The topological polar surface area (TPSA) is 83.4 Å². The predicted octanol–water partition coefficient (Wildman–Crippen LogP) is -0.0634. The number of amides is 2. The lowest BCUT2D eigenvalue weighted by molar-refractivity contribution is -0.136. The molecule has 1 unspecified atom stereocenters. The van der Waals surface area contributed by atoms with Gasteiger partial charge in [0.1, 0.15) is 0 Å². The van der Waals surface area contributed by atoms with Gasteiger partial charge in [-0.1, -0.05) is 6.07 Å². The second kappa shape index (κ2) is 6.19. The summed E-state index contributed by atoms with van der Waals surface area (Å²) in [6.45, 7) is 5.25. The second-order valence-electron chi connectivity index (χ2n) is 8.61. The summed E-state index contributed by atoms with van der Waals surface area (Å²) in [6.07, 6.45) is 0.969. The number of hydrogen-bond acceptors (Lipinski definition) is 4. The van der Waals surface area contributed by atoms with Gasteiger partial charge in [-0.05, 0) is 43.3 Å². The summed E-state index contributed by atoms with van der Waals surface area (Å²) in [6, 6.07) is 5.31. The minimum absolute atomic E-state index is 0.0138. The molecule has 7 heteroatoms. The molecule has 1 saturated carbocycles. The van der Waals surface area contributed by atoms with Crippen LogP contribution in [0, 0.1) is 23.7 Å². The molecule has 144 valence electrons. The van der Waals surface area contributed by atoms with E-state index in [0.717, 1.165) is 25.2 Å². The van der Waals surface area contributed by atoms with Gasteiger partial charge in [0.15, 0.2) is 0 Å². The van der Waals surface area contributed by atoms with Gasteiger partial charge in [0.05, 0.1) is 6.04 Å². The van der Waals surface area contributed by atoms with Gasteiger partial charge >= 0.3 is 0 Å². The molecule has 2 bridgehead atoms. The Morgan fingerprint density at radius 2 is 2.00 bits per heavy atom. The van der Waals surface area contributed by atoms with Crippen molar-refractivity contribution in [3.63, 3.8) is 0 Å².